The number of anilines is 1. The molecule has 0 aliphatic heterocycles. The van der Waals surface area contributed by atoms with Gasteiger partial charge in [0.25, 0.3) is 0 Å². The molecule has 26 heavy (non-hydrogen) atoms. The van der Waals surface area contributed by atoms with E-state index in [0.29, 0.717) is 25.8 Å². The number of carbonyl (C=O) groups is 1. The van der Waals surface area contributed by atoms with Crippen LogP contribution < -0.4 is 5.32 Å². The number of rotatable bonds is 4. The summed E-state index contributed by atoms with van der Waals surface area (Å²) in [5, 5.41) is 5.00. The Bertz CT molecular complexity index is 981. The van der Waals surface area contributed by atoms with Crippen LogP contribution in [0.15, 0.2) is 48.5 Å². The lowest BCUT2D eigenvalue weighted by molar-refractivity contribution is -0.111. The Kier molecular flexibility index (Phi) is 5.99. The number of thiazole rings is 1. The van der Waals surface area contributed by atoms with Gasteiger partial charge < -0.3 is 0 Å². The molecule has 3 rings (SSSR count). The van der Waals surface area contributed by atoms with E-state index < -0.39 is 0 Å². The number of benzene rings is 2. The minimum Gasteiger partial charge on any atom is -0.298 e. The second-order valence-electron chi connectivity index (χ2n) is 5.42. The van der Waals surface area contributed by atoms with Crippen LogP contribution in [0.5, 0.6) is 0 Å². The minimum absolute atomic E-state index is 0.285. The summed E-state index contributed by atoms with van der Waals surface area (Å²) in [4.78, 5) is 17.7. The highest BCUT2D eigenvalue weighted by molar-refractivity contribution is 7.16. The summed E-state index contributed by atoms with van der Waals surface area (Å²) in [5.74, 6) is -0.285. The number of amides is 1. The average Bonchev–Trinajstić information content (AvgIpc) is 2.95. The number of aryl methyl sites for hydroxylation is 1. The van der Waals surface area contributed by atoms with Gasteiger partial charge in [0.15, 0.2) is 5.13 Å². The first-order valence-electron chi connectivity index (χ1n) is 7.60. The molecule has 2 aromatic carbocycles. The minimum atomic E-state index is -0.285. The van der Waals surface area contributed by atoms with E-state index in [9.17, 15) is 4.79 Å². The number of nitrogens with one attached hydrogen (secondary N) is 1. The molecular weight excluding hydrogens is 411 g/mol. The van der Waals surface area contributed by atoms with Crippen LogP contribution in [0.25, 0.3) is 17.3 Å². The van der Waals surface area contributed by atoms with Crippen molar-refractivity contribution in [1.82, 2.24) is 4.98 Å². The lowest BCUT2D eigenvalue weighted by Crippen LogP contribution is -2.07. The summed E-state index contributed by atoms with van der Waals surface area (Å²) < 4.78 is 0. The lowest BCUT2D eigenvalue weighted by Gasteiger charge is -2.00. The molecule has 0 bridgehead atoms. The summed E-state index contributed by atoms with van der Waals surface area (Å²) in [6.45, 7) is 1.96. The molecule has 7 heteroatoms. The second-order valence-corrected chi connectivity index (χ2v) is 7.90. The predicted octanol–water partition coefficient (Wildman–Crippen LogP) is 6.73. The van der Waals surface area contributed by atoms with Gasteiger partial charge in [-0.3, -0.25) is 10.1 Å². The first kappa shape index (κ1) is 18.9. The monoisotopic (exact) mass is 422 g/mol. The van der Waals surface area contributed by atoms with Crippen molar-refractivity contribution in [2.75, 3.05) is 5.32 Å². The molecule has 132 valence electrons. The Hall–Kier alpha value is -1.85. The highest BCUT2D eigenvalue weighted by atomic mass is 35.5. The van der Waals surface area contributed by atoms with E-state index in [1.54, 1.807) is 24.3 Å². The standard InChI is InChI=1S/C19H13Cl3N2OS/c1-11-18(13-3-6-14(20)7-4-13)24-19(26-11)23-17(25)9-5-12-2-8-15(21)10-16(12)22/h2-10H,1H3,(H,23,24,25)/b9-5+. The van der Waals surface area contributed by atoms with Gasteiger partial charge in [-0.05, 0) is 42.8 Å². The molecule has 0 saturated heterocycles. The van der Waals surface area contributed by atoms with E-state index >= 15 is 0 Å². The second kappa shape index (κ2) is 8.23. The van der Waals surface area contributed by atoms with Gasteiger partial charge in [0.1, 0.15) is 0 Å². The van der Waals surface area contributed by atoms with Crippen molar-refractivity contribution < 1.29 is 4.79 Å². The van der Waals surface area contributed by atoms with E-state index in [2.05, 4.69) is 10.3 Å². The van der Waals surface area contributed by atoms with Crippen LogP contribution in [-0.2, 0) is 4.79 Å². The van der Waals surface area contributed by atoms with Gasteiger partial charge in [0.05, 0.1) is 5.69 Å². The van der Waals surface area contributed by atoms with Crippen molar-refractivity contribution in [2.24, 2.45) is 0 Å². The first-order valence-corrected chi connectivity index (χ1v) is 9.55. The van der Waals surface area contributed by atoms with E-state index in [0.717, 1.165) is 16.1 Å². The maximum absolute atomic E-state index is 12.1. The van der Waals surface area contributed by atoms with E-state index in [-0.39, 0.29) is 5.91 Å². The van der Waals surface area contributed by atoms with Gasteiger partial charge in [-0.15, -0.1) is 11.3 Å². The zero-order valence-electron chi connectivity index (χ0n) is 13.6. The summed E-state index contributed by atoms with van der Waals surface area (Å²) in [6, 6.07) is 12.5. The Morgan fingerprint density at radius 2 is 1.77 bits per heavy atom. The topological polar surface area (TPSA) is 42.0 Å². The normalized spacial score (nSPS) is 11.1. The third-order valence-corrected chi connectivity index (χ3v) is 5.22. The van der Waals surface area contributed by atoms with Crippen molar-refractivity contribution in [3.05, 3.63) is 74.0 Å². The third kappa shape index (κ3) is 4.65. The van der Waals surface area contributed by atoms with Gasteiger partial charge in [-0.1, -0.05) is 53.0 Å². The number of aromatic nitrogens is 1. The average molecular weight is 424 g/mol. The number of hydrogen-bond acceptors (Lipinski definition) is 3. The van der Waals surface area contributed by atoms with Crippen molar-refractivity contribution >= 4 is 63.3 Å². The van der Waals surface area contributed by atoms with Crippen LogP contribution in [0.4, 0.5) is 5.13 Å². The summed E-state index contributed by atoms with van der Waals surface area (Å²) in [5.41, 5.74) is 2.49. The van der Waals surface area contributed by atoms with Gasteiger partial charge in [-0.25, -0.2) is 4.98 Å². The number of hydrogen-bond donors (Lipinski definition) is 1. The Labute approximate surface area is 170 Å². The SMILES string of the molecule is Cc1sc(NC(=O)/C=C/c2ccc(Cl)cc2Cl)nc1-c1ccc(Cl)cc1. The van der Waals surface area contributed by atoms with Gasteiger partial charge in [-0.2, -0.15) is 0 Å². The van der Waals surface area contributed by atoms with Crippen molar-refractivity contribution in [2.45, 2.75) is 6.92 Å². The van der Waals surface area contributed by atoms with Crippen LogP contribution in [-0.4, -0.2) is 10.9 Å². The Morgan fingerprint density at radius 1 is 1.08 bits per heavy atom. The largest absolute Gasteiger partial charge is 0.298 e. The highest BCUT2D eigenvalue weighted by Crippen LogP contribution is 2.31. The van der Waals surface area contributed by atoms with Crippen LogP contribution in [0.2, 0.25) is 15.1 Å². The summed E-state index contributed by atoms with van der Waals surface area (Å²) in [7, 11) is 0. The number of carbonyl (C=O) groups excluding carboxylic acids is 1. The van der Waals surface area contributed by atoms with Crippen LogP contribution in [0.3, 0.4) is 0 Å². The third-order valence-electron chi connectivity index (χ3n) is 3.52. The molecule has 1 amide bonds. The zero-order valence-corrected chi connectivity index (χ0v) is 16.7. The molecule has 3 aromatic rings. The molecule has 0 spiro atoms. The number of nitrogens with zero attached hydrogens (tertiary/aromatic N) is 1. The fourth-order valence-corrected chi connectivity index (χ4v) is 3.71. The molecular formula is C19H13Cl3N2OS. The predicted molar refractivity (Wildman–Crippen MR) is 111 cm³/mol. The van der Waals surface area contributed by atoms with Gasteiger partial charge >= 0.3 is 0 Å². The molecule has 3 nitrogen and oxygen atoms in total. The Morgan fingerprint density at radius 3 is 2.46 bits per heavy atom. The van der Waals surface area contributed by atoms with E-state index in [1.165, 1.54) is 17.4 Å². The molecule has 1 aromatic heterocycles. The van der Waals surface area contributed by atoms with Crippen molar-refractivity contribution in [3.63, 3.8) is 0 Å². The Balaban J connectivity index is 1.72. The zero-order chi connectivity index (χ0) is 18.7. The maximum Gasteiger partial charge on any atom is 0.250 e. The fraction of sp³-hybridized carbons (Fsp3) is 0.0526. The summed E-state index contributed by atoms with van der Waals surface area (Å²) >= 11 is 19.3. The van der Waals surface area contributed by atoms with Gasteiger partial charge in [0.2, 0.25) is 5.91 Å². The van der Waals surface area contributed by atoms with E-state index in [1.807, 2.05) is 31.2 Å². The maximum atomic E-state index is 12.1. The lowest BCUT2D eigenvalue weighted by atomic mass is 10.1. The molecule has 1 heterocycles. The van der Waals surface area contributed by atoms with Crippen LogP contribution >= 0.6 is 46.1 Å². The quantitative estimate of drug-likeness (QED) is 0.473. The van der Waals surface area contributed by atoms with Crippen LogP contribution in [0.1, 0.15) is 10.4 Å². The molecule has 0 saturated carbocycles. The van der Waals surface area contributed by atoms with Crippen LogP contribution in [0, 0.1) is 6.92 Å². The molecule has 0 atom stereocenters. The highest BCUT2D eigenvalue weighted by Gasteiger charge is 2.11. The van der Waals surface area contributed by atoms with E-state index in [4.69, 9.17) is 34.8 Å². The molecule has 1 N–H and O–H groups in total. The smallest absolute Gasteiger partial charge is 0.250 e. The first-order chi connectivity index (χ1) is 12.4. The molecule has 0 aliphatic rings. The molecule has 0 radical (unpaired) electrons. The van der Waals surface area contributed by atoms with Gasteiger partial charge in [0, 0.05) is 31.6 Å². The fourth-order valence-electron chi connectivity index (χ4n) is 2.27. The number of halogens is 3. The summed E-state index contributed by atoms with van der Waals surface area (Å²) in [6.07, 6.45) is 3.04. The molecule has 0 unspecified atom stereocenters. The van der Waals surface area contributed by atoms with Crippen molar-refractivity contribution in [1.29, 1.82) is 0 Å². The van der Waals surface area contributed by atoms with Crippen molar-refractivity contribution in [3.8, 4) is 11.3 Å². The molecule has 0 fully saturated rings. The molecule has 0 aliphatic carbocycles.